The molecule has 3 aromatic rings. The maximum Gasteiger partial charge on any atom is 0.328 e. The molecule has 0 saturated carbocycles. The number of aromatic hydroxyl groups is 1. The third kappa shape index (κ3) is 2.71. The molecule has 3 rings (SSSR count). The van der Waals surface area contributed by atoms with Crippen molar-refractivity contribution in [2.75, 3.05) is 13.7 Å². The predicted molar refractivity (Wildman–Crippen MR) is 81.7 cm³/mol. The van der Waals surface area contributed by atoms with Gasteiger partial charge in [-0.3, -0.25) is 9.55 Å². The van der Waals surface area contributed by atoms with Crippen LogP contribution in [0.1, 0.15) is 6.42 Å². The number of ether oxygens (including phenoxy) is 1. The van der Waals surface area contributed by atoms with Crippen LogP contribution in [0.4, 0.5) is 0 Å². The lowest BCUT2D eigenvalue weighted by atomic mass is 10.1. The third-order valence-corrected chi connectivity index (χ3v) is 3.37. The zero-order valence-electron chi connectivity index (χ0n) is 12.1. The highest BCUT2D eigenvalue weighted by molar-refractivity contribution is 5.70. The lowest BCUT2D eigenvalue weighted by molar-refractivity contribution is 0.190. The number of aryl methyl sites for hydroxylation is 1. The lowest BCUT2D eigenvalue weighted by Gasteiger charge is -2.04. The van der Waals surface area contributed by atoms with Crippen molar-refractivity contribution in [1.29, 1.82) is 0 Å². The molecule has 0 unspecified atom stereocenters. The Balaban J connectivity index is 2.02. The van der Waals surface area contributed by atoms with Crippen LogP contribution in [0.5, 0.6) is 5.75 Å². The van der Waals surface area contributed by atoms with Crippen molar-refractivity contribution in [2.45, 2.75) is 13.0 Å². The SMILES string of the molecule is COCCCn1c(=O)[nH]c2ncc(-c3ccc(O)cc3)nc21. The van der Waals surface area contributed by atoms with Crippen molar-refractivity contribution in [3.63, 3.8) is 0 Å². The Labute approximate surface area is 126 Å². The first kappa shape index (κ1) is 14.3. The number of hydrogen-bond acceptors (Lipinski definition) is 5. The minimum absolute atomic E-state index is 0.191. The van der Waals surface area contributed by atoms with Crippen molar-refractivity contribution in [3.8, 4) is 17.0 Å². The van der Waals surface area contributed by atoms with Crippen LogP contribution in [-0.2, 0) is 11.3 Å². The number of nitrogens with zero attached hydrogens (tertiary/aromatic N) is 3. The quantitative estimate of drug-likeness (QED) is 0.697. The van der Waals surface area contributed by atoms with Gasteiger partial charge in [-0.15, -0.1) is 0 Å². The number of aromatic amines is 1. The van der Waals surface area contributed by atoms with Gasteiger partial charge in [-0.05, 0) is 30.7 Å². The molecule has 2 heterocycles. The molecular formula is C15H16N4O3. The Bertz CT molecular complexity index is 836. The van der Waals surface area contributed by atoms with Crippen molar-refractivity contribution in [1.82, 2.24) is 19.5 Å². The van der Waals surface area contributed by atoms with E-state index in [0.29, 0.717) is 36.6 Å². The molecule has 1 aromatic carbocycles. The summed E-state index contributed by atoms with van der Waals surface area (Å²) in [6.45, 7) is 1.09. The Morgan fingerprint density at radius 1 is 1.32 bits per heavy atom. The van der Waals surface area contributed by atoms with Crippen molar-refractivity contribution >= 4 is 11.3 Å². The summed E-state index contributed by atoms with van der Waals surface area (Å²) in [6, 6.07) is 6.68. The second-order valence-corrected chi connectivity index (χ2v) is 4.90. The molecule has 0 spiro atoms. The average Bonchev–Trinajstić information content (AvgIpc) is 2.83. The number of phenolic OH excluding ortho intramolecular Hbond substituents is 1. The van der Waals surface area contributed by atoms with E-state index in [2.05, 4.69) is 15.0 Å². The summed E-state index contributed by atoms with van der Waals surface area (Å²) in [5.74, 6) is 0.191. The van der Waals surface area contributed by atoms with Gasteiger partial charge >= 0.3 is 5.69 Å². The van der Waals surface area contributed by atoms with E-state index < -0.39 is 0 Å². The lowest BCUT2D eigenvalue weighted by Crippen LogP contribution is -2.18. The number of rotatable bonds is 5. The topological polar surface area (TPSA) is 93.0 Å². The van der Waals surface area contributed by atoms with Crippen molar-refractivity contribution in [2.24, 2.45) is 0 Å². The Hall–Kier alpha value is -2.67. The van der Waals surface area contributed by atoms with Crippen LogP contribution >= 0.6 is 0 Å². The molecule has 0 radical (unpaired) electrons. The van der Waals surface area contributed by atoms with Crippen LogP contribution in [-0.4, -0.2) is 38.3 Å². The van der Waals surface area contributed by atoms with Gasteiger partial charge < -0.3 is 9.84 Å². The minimum atomic E-state index is -0.228. The van der Waals surface area contributed by atoms with Crippen LogP contribution in [0.25, 0.3) is 22.6 Å². The van der Waals surface area contributed by atoms with Gasteiger partial charge in [0.2, 0.25) is 0 Å². The number of fused-ring (bicyclic) bond motifs is 1. The molecule has 0 bridgehead atoms. The van der Waals surface area contributed by atoms with E-state index in [4.69, 9.17) is 4.74 Å². The number of imidazole rings is 1. The summed E-state index contributed by atoms with van der Waals surface area (Å²) >= 11 is 0. The Morgan fingerprint density at radius 2 is 2.09 bits per heavy atom. The van der Waals surface area contributed by atoms with Gasteiger partial charge in [-0.2, -0.15) is 0 Å². The van der Waals surface area contributed by atoms with Crippen LogP contribution in [0.3, 0.4) is 0 Å². The molecule has 7 nitrogen and oxygen atoms in total. The third-order valence-electron chi connectivity index (χ3n) is 3.37. The maximum atomic E-state index is 12.0. The highest BCUT2D eigenvalue weighted by Crippen LogP contribution is 2.20. The van der Waals surface area contributed by atoms with E-state index in [1.165, 1.54) is 0 Å². The molecule has 0 saturated heterocycles. The van der Waals surface area contributed by atoms with Gasteiger partial charge in [0.1, 0.15) is 5.75 Å². The molecule has 114 valence electrons. The fourth-order valence-corrected chi connectivity index (χ4v) is 2.27. The smallest absolute Gasteiger partial charge is 0.328 e. The molecule has 0 aliphatic rings. The largest absolute Gasteiger partial charge is 0.508 e. The van der Waals surface area contributed by atoms with E-state index in [1.807, 2.05) is 0 Å². The van der Waals surface area contributed by atoms with Gasteiger partial charge in [0, 0.05) is 25.8 Å². The molecule has 0 aliphatic carbocycles. The first-order valence-electron chi connectivity index (χ1n) is 6.93. The maximum absolute atomic E-state index is 12.0. The first-order valence-corrected chi connectivity index (χ1v) is 6.93. The number of phenols is 1. The van der Waals surface area contributed by atoms with E-state index in [-0.39, 0.29) is 11.4 Å². The molecule has 0 aliphatic heterocycles. The van der Waals surface area contributed by atoms with Crippen LogP contribution < -0.4 is 5.69 Å². The highest BCUT2D eigenvalue weighted by Gasteiger charge is 2.11. The van der Waals surface area contributed by atoms with Crippen LogP contribution in [0.2, 0.25) is 0 Å². The van der Waals surface area contributed by atoms with Crippen molar-refractivity contribution in [3.05, 3.63) is 40.9 Å². The van der Waals surface area contributed by atoms with E-state index in [9.17, 15) is 9.90 Å². The zero-order chi connectivity index (χ0) is 15.5. The fraction of sp³-hybridized carbons (Fsp3) is 0.267. The van der Waals surface area contributed by atoms with Crippen molar-refractivity contribution < 1.29 is 9.84 Å². The molecule has 2 N–H and O–H groups in total. The standard InChI is InChI=1S/C15H16N4O3/c1-22-8-2-7-19-14-13(18-15(19)21)16-9-12(17-14)10-3-5-11(20)6-4-10/h3-6,9,20H,2,7-8H2,1H3,(H,16,18,21). The Morgan fingerprint density at radius 3 is 2.82 bits per heavy atom. The van der Waals surface area contributed by atoms with Gasteiger partial charge in [0.25, 0.3) is 0 Å². The molecule has 2 aromatic heterocycles. The average molecular weight is 300 g/mol. The molecule has 22 heavy (non-hydrogen) atoms. The summed E-state index contributed by atoms with van der Waals surface area (Å²) in [4.78, 5) is 23.5. The van der Waals surface area contributed by atoms with Gasteiger partial charge in [0.15, 0.2) is 11.3 Å². The monoisotopic (exact) mass is 300 g/mol. The number of H-pyrrole nitrogens is 1. The zero-order valence-corrected chi connectivity index (χ0v) is 12.1. The minimum Gasteiger partial charge on any atom is -0.508 e. The number of hydrogen-bond donors (Lipinski definition) is 2. The summed E-state index contributed by atoms with van der Waals surface area (Å²) in [7, 11) is 1.63. The Kier molecular flexibility index (Phi) is 3.88. The number of methoxy groups -OCH3 is 1. The van der Waals surface area contributed by atoms with Gasteiger partial charge in [-0.1, -0.05) is 0 Å². The summed E-state index contributed by atoms with van der Waals surface area (Å²) < 4.78 is 6.57. The van der Waals surface area contributed by atoms with Crippen LogP contribution in [0.15, 0.2) is 35.3 Å². The molecule has 0 atom stereocenters. The van der Waals surface area contributed by atoms with E-state index >= 15 is 0 Å². The fourth-order valence-electron chi connectivity index (χ4n) is 2.27. The normalized spacial score (nSPS) is 11.1. The van der Waals surface area contributed by atoms with Crippen LogP contribution in [0, 0.1) is 0 Å². The van der Waals surface area contributed by atoms with E-state index in [0.717, 1.165) is 5.56 Å². The highest BCUT2D eigenvalue weighted by atomic mass is 16.5. The molecular weight excluding hydrogens is 284 g/mol. The number of nitrogens with one attached hydrogen (secondary N) is 1. The van der Waals surface area contributed by atoms with E-state index in [1.54, 1.807) is 42.1 Å². The molecule has 7 heteroatoms. The summed E-state index contributed by atoms with van der Waals surface area (Å²) in [6.07, 6.45) is 2.32. The molecule has 0 amide bonds. The number of aromatic nitrogens is 4. The summed E-state index contributed by atoms with van der Waals surface area (Å²) in [5, 5.41) is 9.34. The van der Waals surface area contributed by atoms with Gasteiger partial charge in [-0.25, -0.2) is 14.8 Å². The molecule has 0 fully saturated rings. The van der Waals surface area contributed by atoms with Gasteiger partial charge in [0.05, 0.1) is 11.9 Å². The summed E-state index contributed by atoms with van der Waals surface area (Å²) in [5.41, 5.74) is 2.22. The number of benzene rings is 1. The predicted octanol–water partition coefficient (Wildman–Crippen LogP) is 1.53. The second-order valence-electron chi connectivity index (χ2n) is 4.90. The first-order chi connectivity index (χ1) is 10.7. The second kappa shape index (κ2) is 5.98.